The number of anilines is 1. The van der Waals surface area contributed by atoms with Gasteiger partial charge in [-0.1, -0.05) is 5.92 Å². The Hall–Kier alpha value is -3.38. The molecule has 1 unspecified atom stereocenters. The lowest BCUT2D eigenvalue weighted by molar-refractivity contribution is 0.156. The SMILES string of the molecule is CC#CCOC(=O)NC(C)c1cc(-c2sc(-c3cccnc3)nc2N2CCCCC2)n[nH]1. The first-order chi connectivity index (χ1) is 15.7. The van der Waals surface area contributed by atoms with Crippen LogP contribution in [-0.4, -0.2) is 46.0 Å². The topological polar surface area (TPSA) is 96.0 Å². The minimum Gasteiger partial charge on any atom is -0.436 e. The minimum atomic E-state index is -0.512. The zero-order chi connectivity index (χ0) is 22.3. The molecule has 9 heteroatoms. The number of pyridine rings is 1. The number of nitrogens with zero attached hydrogens (tertiary/aromatic N) is 4. The highest BCUT2D eigenvalue weighted by Crippen LogP contribution is 2.40. The molecular formula is C23H26N6O2S. The monoisotopic (exact) mass is 450 g/mol. The quantitative estimate of drug-likeness (QED) is 0.541. The average molecular weight is 451 g/mol. The predicted octanol–water partition coefficient (Wildman–Crippen LogP) is 4.40. The van der Waals surface area contributed by atoms with Crippen LogP contribution in [0.25, 0.3) is 21.1 Å². The van der Waals surface area contributed by atoms with Gasteiger partial charge in [0.1, 0.15) is 16.5 Å². The Morgan fingerprint density at radius 2 is 2.22 bits per heavy atom. The Bertz CT molecular complexity index is 1110. The number of carbonyl (C=O) groups excluding carboxylic acids is 1. The van der Waals surface area contributed by atoms with Crippen molar-refractivity contribution in [3.8, 4) is 33.0 Å². The molecule has 166 valence electrons. The Kier molecular flexibility index (Phi) is 7.02. The Balaban J connectivity index is 1.58. The van der Waals surface area contributed by atoms with E-state index in [-0.39, 0.29) is 12.6 Å². The number of hydrogen-bond donors (Lipinski definition) is 2. The van der Waals surface area contributed by atoms with Crippen LogP contribution in [0.15, 0.2) is 30.6 Å². The van der Waals surface area contributed by atoms with Gasteiger partial charge in [-0.15, -0.1) is 17.3 Å². The number of rotatable bonds is 6. The van der Waals surface area contributed by atoms with E-state index in [1.165, 1.54) is 6.42 Å². The second-order valence-corrected chi connectivity index (χ2v) is 8.54. The van der Waals surface area contributed by atoms with Crippen LogP contribution < -0.4 is 10.2 Å². The highest BCUT2D eigenvalue weighted by molar-refractivity contribution is 7.19. The molecule has 0 bridgehead atoms. The fourth-order valence-electron chi connectivity index (χ4n) is 3.56. The molecule has 0 radical (unpaired) electrons. The van der Waals surface area contributed by atoms with Crippen LogP contribution in [0.3, 0.4) is 0 Å². The summed E-state index contributed by atoms with van der Waals surface area (Å²) in [5.41, 5.74) is 2.59. The number of aromatic amines is 1. The fourth-order valence-corrected chi connectivity index (χ4v) is 4.60. The summed E-state index contributed by atoms with van der Waals surface area (Å²) in [6.07, 6.45) is 6.66. The lowest BCUT2D eigenvalue weighted by Gasteiger charge is -2.27. The molecule has 0 aliphatic carbocycles. The van der Waals surface area contributed by atoms with Crippen LogP contribution in [-0.2, 0) is 4.74 Å². The number of thiazole rings is 1. The van der Waals surface area contributed by atoms with Crippen molar-refractivity contribution >= 4 is 23.2 Å². The standard InChI is InChI=1S/C23H26N6O2S/c1-3-4-13-31-23(30)25-16(2)18-14-19(28-27-18)20-21(29-11-6-5-7-12-29)26-22(32-20)17-9-8-10-24-15-17/h8-10,14-16H,5-7,11-13H2,1-2H3,(H,25,30)(H,27,28). The molecule has 4 heterocycles. The summed E-state index contributed by atoms with van der Waals surface area (Å²) in [4.78, 5) is 24.5. The number of amides is 1. The van der Waals surface area contributed by atoms with Gasteiger partial charge >= 0.3 is 6.09 Å². The first-order valence-corrected chi connectivity index (χ1v) is 11.5. The third-order valence-corrected chi connectivity index (χ3v) is 6.37. The van der Waals surface area contributed by atoms with E-state index in [0.717, 1.165) is 58.6 Å². The normalized spacial score (nSPS) is 14.4. The molecule has 2 N–H and O–H groups in total. The van der Waals surface area contributed by atoms with Gasteiger partial charge in [0, 0.05) is 31.0 Å². The summed E-state index contributed by atoms with van der Waals surface area (Å²) in [7, 11) is 0. The first kappa shape index (κ1) is 21.8. The number of piperidine rings is 1. The number of alkyl carbamates (subject to hydrolysis) is 1. The van der Waals surface area contributed by atoms with Crippen LogP contribution in [0.1, 0.15) is 44.8 Å². The number of ether oxygens (including phenoxy) is 1. The fraction of sp³-hybridized carbons (Fsp3) is 0.391. The molecule has 1 atom stereocenters. The van der Waals surface area contributed by atoms with Crippen molar-refractivity contribution in [2.45, 2.75) is 39.2 Å². The maximum atomic E-state index is 11.9. The summed E-state index contributed by atoms with van der Waals surface area (Å²) in [6, 6.07) is 5.61. The van der Waals surface area contributed by atoms with E-state index < -0.39 is 6.09 Å². The summed E-state index contributed by atoms with van der Waals surface area (Å²) in [5, 5.41) is 11.3. The molecule has 8 nitrogen and oxygen atoms in total. The van der Waals surface area contributed by atoms with Crippen LogP contribution in [0.4, 0.5) is 10.6 Å². The summed E-state index contributed by atoms with van der Waals surface area (Å²) >= 11 is 1.61. The minimum absolute atomic E-state index is 0.0699. The van der Waals surface area contributed by atoms with Crippen molar-refractivity contribution in [2.75, 3.05) is 24.6 Å². The van der Waals surface area contributed by atoms with Crippen LogP contribution in [0.2, 0.25) is 0 Å². The number of aromatic nitrogens is 4. The van der Waals surface area contributed by atoms with Crippen LogP contribution >= 0.6 is 11.3 Å². The highest BCUT2D eigenvalue weighted by Gasteiger charge is 2.24. The first-order valence-electron chi connectivity index (χ1n) is 10.7. The van der Waals surface area contributed by atoms with Crippen molar-refractivity contribution in [3.05, 3.63) is 36.3 Å². The molecule has 0 spiro atoms. The van der Waals surface area contributed by atoms with E-state index >= 15 is 0 Å². The van der Waals surface area contributed by atoms with Gasteiger partial charge in [0.25, 0.3) is 0 Å². The van der Waals surface area contributed by atoms with Crippen molar-refractivity contribution in [3.63, 3.8) is 0 Å². The third-order valence-electron chi connectivity index (χ3n) is 5.26. The number of H-pyrrole nitrogens is 1. The van der Waals surface area contributed by atoms with Gasteiger partial charge in [0.2, 0.25) is 0 Å². The summed E-state index contributed by atoms with van der Waals surface area (Å²) in [6.45, 7) is 5.63. The van der Waals surface area contributed by atoms with Crippen molar-refractivity contribution in [1.29, 1.82) is 0 Å². The van der Waals surface area contributed by atoms with Crippen LogP contribution in [0, 0.1) is 11.8 Å². The molecule has 32 heavy (non-hydrogen) atoms. The second-order valence-electron chi connectivity index (χ2n) is 7.54. The van der Waals surface area contributed by atoms with E-state index in [2.05, 4.69) is 37.2 Å². The van der Waals surface area contributed by atoms with Crippen LogP contribution in [0.5, 0.6) is 0 Å². The maximum Gasteiger partial charge on any atom is 0.408 e. The van der Waals surface area contributed by atoms with Gasteiger partial charge in [-0.2, -0.15) is 5.10 Å². The molecule has 1 saturated heterocycles. The molecule has 1 aliphatic heterocycles. The van der Waals surface area contributed by atoms with Gasteiger partial charge in [-0.05, 0) is 51.3 Å². The van der Waals surface area contributed by atoms with Gasteiger partial charge < -0.3 is 15.0 Å². The van der Waals surface area contributed by atoms with Gasteiger partial charge in [0.05, 0.1) is 16.6 Å². The summed E-state index contributed by atoms with van der Waals surface area (Å²) < 4.78 is 5.04. The molecule has 0 aromatic carbocycles. The van der Waals surface area contributed by atoms with Crippen molar-refractivity contribution < 1.29 is 9.53 Å². The Labute approximate surface area is 191 Å². The molecular weight excluding hydrogens is 424 g/mol. The predicted molar refractivity (Wildman–Crippen MR) is 125 cm³/mol. The largest absolute Gasteiger partial charge is 0.436 e. The lowest BCUT2D eigenvalue weighted by atomic mass is 10.1. The van der Waals surface area contributed by atoms with E-state index in [9.17, 15) is 4.79 Å². The van der Waals surface area contributed by atoms with Gasteiger partial charge in [-0.25, -0.2) is 9.78 Å². The second kappa shape index (κ2) is 10.3. The van der Waals surface area contributed by atoms with E-state index in [1.807, 2.05) is 31.3 Å². The Morgan fingerprint density at radius 1 is 1.38 bits per heavy atom. The smallest absolute Gasteiger partial charge is 0.408 e. The van der Waals surface area contributed by atoms with E-state index in [0.29, 0.717) is 0 Å². The number of hydrogen-bond acceptors (Lipinski definition) is 7. The number of nitrogens with one attached hydrogen (secondary N) is 2. The van der Waals surface area contributed by atoms with Crippen molar-refractivity contribution in [1.82, 2.24) is 25.5 Å². The molecule has 1 amide bonds. The molecule has 1 aliphatic rings. The molecule has 1 fully saturated rings. The summed E-state index contributed by atoms with van der Waals surface area (Å²) in [5.74, 6) is 6.36. The maximum absolute atomic E-state index is 11.9. The van der Waals surface area contributed by atoms with Gasteiger partial charge in [0.15, 0.2) is 6.61 Å². The Morgan fingerprint density at radius 3 is 2.97 bits per heavy atom. The molecule has 4 rings (SSSR count). The lowest BCUT2D eigenvalue weighted by Crippen LogP contribution is -2.30. The highest BCUT2D eigenvalue weighted by atomic mass is 32.1. The van der Waals surface area contributed by atoms with E-state index in [4.69, 9.17) is 9.72 Å². The van der Waals surface area contributed by atoms with Gasteiger partial charge in [-0.3, -0.25) is 10.1 Å². The van der Waals surface area contributed by atoms with Crippen molar-refractivity contribution in [2.24, 2.45) is 0 Å². The molecule has 3 aromatic heterocycles. The molecule has 3 aromatic rings. The molecule has 0 saturated carbocycles. The third kappa shape index (κ3) is 5.08. The number of carbonyl (C=O) groups is 1. The average Bonchev–Trinajstić information content (AvgIpc) is 3.48. The zero-order valence-electron chi connectivity index (χ0n) is 18.2. The zero-order valence-corrected chi connectivity index (χ0v) is 19.0. The van der Waals surface area contributed by atoms with E-state index in [1.54, 1.807) is 24.5 Å².